The number of benzene rings is 1. The molecular weight excluding hydrogens is 410 g/mol. The summed E-state index contributed by atoms with van der Waals surface area (Å²) in [5.74, 6) is 0.311. The molecule has 0 saturated heterocycles. The van der Waals surface area contributed by atoms with Crippen molar-refractivity contribution in [3.63, 3.8) is 0 Å². The minimum atomic E-state index is -0.298. The van der Waals surface area contributed by atoms with Crippen molar-refractivity contribution >= 4 is 34.0 Å². The number of nitrogens with zero attached hydrogens (tertiary/aromatic N) is 2. The van der Waals surface area contributed by atoms with Crippen LogP contribution in [0.2, 0.25) is 0 Å². The smallest absolute Gasteiger partial charge is 0.245 e. The number of para-hydroxylation sites is 1. The molecule has 1 atom stereocenters. The van der Waals surface area contributed by atoms with Crippen LogP contribution in [0.4, 0.5) is 10.8 Å². The summed E-state index contributed by atoms with van der Waals surface area (Å²) in [5.41, 5.74) is 3.06. The summed E-state index contributed by atoms with van der Waals surface area (Å²) in [6.45, 7) is 4.56. The maximum Gasteiger partial charge on any atom is 0.245 e. The molecule has 0 radical (unpaired) electrons. The van der Waals surface area contributed by atoms with E-state index < -0.39 is 0 Å². The molecule has 31 heavy (non-hydrogen) atoms. The Kier molecular flexibility index (Phi) is 5.33. The van der Waals surface area contributed by atoms with Gasteiger partial charge in [0.2, 0.25) is 11.8 Å². The predicted molar refractivity (Wildman–Crippen MR) is 122 cm³/mol. The van der Waals surface area contributed by atoms with E-state index in [0.29, 0.717) is 26.2 Å². The highest BCUT2D eigenvalue weighted by Gasteiger charge is 2.44. The van der Waals surface area contributed by atoms with Gasteiger partial charge >= 0.3 is 0 Å². The average Bonchev–Trinajstić information content (AvgIpc) is 3.35. The first-order valence-electron chi connectivity index (χ1n) is 11.2. The average molecular weight is 440 g/mol. The molecule has 1 fully saturated rings. The van der Waals surface area contributed by atoms with E-state index in [1.807, 2.05) is 30.0 Å². The van der Waals surface area contributed by atoms with Gasteiger partial charge in [-0.15, -0.1) is 0 Å². The first-order chi connectivity index (χ1) is 15.1. The van der Waals surface area contributed by atoms with Crippen LogP contribution >= 0.6 is 11.3 Å². The van der Waals surface area contributed by atoms with Crippen molar-refractivity contribution in [1.29, 1.82) is 0 Å². The number of thiazole rings is 1. The molecule has 1 aromatic carbocycles. The van der Waals surface area contributed by atoms with E-state index in [1.165, 1.54) is 5.56 Å². The van der Waals surface area contributed by atoms with E-state index >= 15 is 0 Å². The molecule has 1 unspecified atom stereocenters. The monoisotopic (exact) mass is 439 g/mol. The highest BCUT2D eigenvalue weighted by Crippen LogP contribution is 2.42. The molecule has 164 valence electrons. The van der Waals surface area contributed by atoms with E-state index in [4.69, 9.17) is 4.98 Å². The van der Waals surface area contributed by atoms with Crippen molar-refractivity contribution in [3.8, 4) is 0 Å². The van der Waals surface area contributed by atoms with Crippen molar-refractivity contribution < 1.29 is 9.59 Å². The van der Waals surface area contributed by atoms with Crippen molar-refractivity contribution in [1.82, 2.24) is 15.2 Å². The first kappa shape index (κ1) is 20.3. The van der Waals surface area contributed by atoms with Crippen molar-refractivity contribution in [2.75, 3.05) is 30.3 Å². The Labute approximate surface area is 186 Å². The summed E-state index contributed by atoms with van der Waals surface area (Å²) in [6, 6.07) is 7.96. The number of hydrogen-bond donors (Lipinski definition) is 3. The molecule has 0 spiro atoms. The van der Waals surface area contributed by atoms with Gasteiger partial charge in [-0.1, -0.05) is 36.0 Å². The van der Waals surface area contributed by atoms with E-state index in [-0.39, 0.29) is 23.3 Å². The van der Waals surface area contributed by atoms with Crippen LogP contribution < -0.4 is 16.0 Å². The number of anilines is 2. The standard InChI is InChI=1S/C23H29N5O2S/c1-2-24-21(30)23(9-5-10-23)14-25-22-27-17-8-11-28(13-19(17)31-22)20(29)18-12-15-6-3-4-7-16(15)26-18/h3-4,6-7,18,26H,2,5,8-14H2,1H3,(H,24,30)(H,25,27). The summed E-state index contributed by atoms with van der Waals surface area (Å²) < 4.78 is 0. The molecule has 2 aliphatic heterocycles. The van der Waals surface area contributed by atoms with Crippen LogP contribution in [-0.2, 0) is 29.0 Å². The molecule has 3 heterocycles. The maximum atomic E-state index is 13.1. The third-order valence-corrected chi connectivity index (χ3v) is 7.86. The van der Waals surface area contributed by atoms with Crippen LogP contribution in [0.1, 0.15) is 42.3 Å². The van der Waals surface area contributed by atoms with Gasteiger partial charge in [0.05, 0.1) is 17.7 Å². The van der Waals surface area contributed by atoms with Gasteiger partial charge in [0.15, 0.2) is 5.13 Å². The summed E-state index contributed by atoms with van der Waals surface area (Å²) >= 11 is 1.62. The SMILES string of the molecule is CCNC(=O)C1(CNc2nc3c(s2)CN(C(=O)C2Cc4ccccc4N2)CC3)CCC1. The van der Waals surface area contributed by atoms with Crippen molar-refractivity contribution in [3.05, 3.63) is 40.4 Å². The summed E-state index contributed by atoms with van der Waals surface area (Å²) in [7, 11) is 0. The van der Waals surface area contributed by atoms with E-state index in [1.54, 1.807) is 11.3 Å². The number of rotatable bonds is 6. The van der Waals surface area contributed by atoms with Gasteiger partial charge in [-0.05, 0) is 31.4 Å². The molecule has 5 rings (SSSR count). The first-order valence-corrected chi connectivity index (χ1v) is 12.0. The van der Waals surface area contributed by atoms with Gasteiger partial charge in [0.25, 0.3) is 0 Å². The zero-order valence-electron chi connectivity index (χ0n) is 17.9. The second kappa shape index (κ2) is 8.15. The molecule has 3 aliphatic rings. The number of aromatic nitrogens is 1. The summed E-state index contributed by atoms with van der Waals surface area (Å²) in [6.07, 6.45) is 4.48. The van der Waals surface area contributed by atoms with Gasteiger partial charge in [0, 0.05) is 43.0 Å². The highest BCUT2D eigenvalue weighted by atomic mass is 32.1. The second-order valence-electron chi connectivity index (χ2n) is 8.80. The largest absolute Gasteiger partial charge is 0.373 e. The van der Waals surface area contributed by atoms with E-state index in [2.05, 4.69) is 22.0 Å². The molecule has 8 heteroatoms. The Morgan fingerprint density at radius 1 is 1.32 bits per heavy atom. The molecule has 3 N–H and O–H groups in total. The predicted octanol–water partition coefficient (Wildman–Crippen LogP) is 2.78. The minimum absolute atomic E-state index is 0.150. The van der Waals surface area contributed by atoms with Gasteiger partial charge in [-0.25, -0.2) is 4.98 Å². The molecule has 1 saturated carbocycles. The van der Waals surface area contributed by atoms with Gasteiger partial charge in [-0.3, -0.25) is 9.59 Å². The van der Waals surface area contributed by atoms with Crippen molar-refractivity contribution in [2.24, 2.45) is 5.41 Å². The number of nitrogens with one attached hydrogen (secondary N) is 3. The van der Waals surface area contributed by atoms with Crippen LogP contribution in [0, 0.1) is 5.41 Å². The molecule has 0 bridgehead atoms. The Morgan fingerprint density at radius 2 is 2.16 bits per heavy atom. The van der Waals surface area contributed by atoms with Crippen LogP contribution in [0.5, 0.6) is 0 Å². The minimum Gasteiger partial charge on any atom is -0.373 e. The van der Waals surface area contributed by atoms with E-state index in [0.717, 1.165) is 53.5 Å². The third kappa shape index (κ3) is 3.78. The van der Waals surface area contributed by atoms with Crippen LogP contribution in [0.25, 0.3) is 0 Å². The second-order valence-corrected chi connectivity index (χ2v) is 9.89. The lowest BCUT2D eigenvalue weighted by atomic mass is 9.68. The van der Waals surface area contributed by atoms with Gasteiger partial charge < -0.3 is 20.9 Å². The molecule has 1 aliphatic carbocycles. The number of carbonyl (C=O) groups excluding carboxylic acids is 2. The van der Waals surface area contributed by atoms with E-state index in [9.17, 15) is 9.59 Å². The Morgan fingerprint density at radius 3 is 2.90 bits per heavy atom. The summed E-state index contributed by atoms with van der Waals surface area (Å²) in [5, 5.41) is 10.6. The lowest BCUT2D eigenvalue weighted by Gasteiger charge is -2.40. The highest BCUT2D eigenvalue weighted by molar-refractivity contribution is 7.15. The fourth-order valence-corrected chi connectivity index (χ4v) is 5.83. The molecule has 2 aromatic rings. The number of carbonyl (C=O) groups is 2. The maximum absolute atomic E-state index is 13.1. The normalized spacial score (nSPS) is 20.8. The lowest BCUT2D eigenvalue weighted by Crippen LogP contribution is -2.49. The number of hydrogen-bond acceptors (Lipinski definition) is 6. The molecule has 2 amide bonds. The van der Waals surface area contributed by atoms with Crippen LogP contribution in [0.3, 0.4) is 0 Å². The molecular formula is C23H29N5O2S. The lowest BCUT2D eigenvalue weighted by molar-refractivity contribution is -0.135. The van der Waals surface area contributed by atoms with Crippen LogP contribution in [0.15, 0.2) is 24.3 Å². The van der Waals surface area contributed by atoms with Gasteiger partial charge in [0.1, 0.15) is 6.04 Å². The third-order valence-electron chi connectivity index (χ3n) is 6.82. The Bertz CT molecular complexity index is 975. The Balaban J connectivity index is 1.21. The molecule has 7 nitrogen and oxygen atoms in total. The fraction of sp³-hybridized carbons (Fsp3) is 0.522. The topological polar surface area (TPSA) is 86.4 Å². The zero-order valence-corrected chi connectivity index (χ0v) is 18.7. The van der Waals surface area contributed by atoms with Gasteiger partial charge in [-0.2, -0.15) is 0 Å². The zero-order chi connectivity index (χ0) is 21.4. The van der Waals surface area contributed by atoms with Crippen molar-refractivity contribution in [2.45, 2.75) is 51.6 Å². The molecule has 1 aromatic heterocycles. The summed E-state index contributed by atoms with van der Waals surface area (Å²) in [4.78, 5) is 33.5. The fourth-order valence-electron chi connectivity index (χ4n) is 4.81. The quantitative estimate of drug-likeness (QED) is 0.644. The number of amides is 2. The number of fused-ring (bicyclic) bond motifs is 2. The Hall–Kier alpha value is -2.61. The van der Waals surface area contributed by atoms with Crippen LogP contribution in [-0.4, -0.2) is 47.4 Å².